The number of carbonyl (C=O) groups is 1. The number of hydrogen-bond donors (Lipinski definition) is 2. The summed E-state index contributed by atoms with van der Waals surface area (Å²) in [6, 6.07) is 4.08. The maximum absolute atomic E-state index is 11.2. The van der Waals surface area contributed by atoms with Crippen LogP contribution in [0.3, 0.4) is 0 Å². The van der Waals surface area contributed by atoms with Gasteiger partial charge in [-0.2, -0.15) is 0 Å². The Labute approximate surface area is 111 Å². The van der Waals surface area contributed by atoms with Crippen molar-refractivity contribution in [3.8, 4) is 5.75 Å². The molecule has 0 bridgehead atoms. The van der Waals surface area contributed by atoms with E-state index in [1.54, 1.807) is 25.3 Å². The van der Waals surface area contributed by atoms with Crippen molar-refractivity contribution in [3.05, 3.63) is 28.8 Å². The molecule has 0 radical (unpaired) electrons. The van der Waals surface area contributed by atoms with Crippen LogP contribution in [0.4, 0.5) is 0 Å². The molecule has 18 heavy (non-hydrogen) atoms. The van der Waals surface area contributed by atoms with Crippen LogP contribution in [0.1, 0.15) is 11.6 Å². The molecule has 0 aliphatic carbocycles. The summed E-state index contributed by atoms with van der Waals surface area (Å²) in [4.78, 5) is 11.2. The predicted octanol–water partition coefficient (Wildman–Crippen LogP) is 1.71. The molecular weight excluding hydrogens is 258 g/mol. The largest absolute Gasteiger partial charge is 0.495 e. The van der Waals surface area contributed by atoms with Gasteiger partial charge in [-0.05, 0) is 17.7 Å². The van der Waals surface area contributed by atoms with E-state index in [-0.39, 0.29) is 0 Å². The van der Waals surface area contributed by atoms with Crippen molar-refractivity contribution >= 4 is 17.6 Å². The van der Waals surface area contributed by atoms with Crippen LogP contribution in [0.25, 0.3) is 0 Å². The Hall–Kier alpha value is -1.30. The summed E-state index contributed by atoms with van der Waals surface area (Å²) in [6.45, 7) is 0.880. The van der Waals surface area contributed by atoms with Crippen LogP contribution in [-0.2, 0) is 9.53 Å². The molecule has 2 N–H and O–H groups in total. The van der Waals surface area contributed by atoms with Gasteiger partial charge in [0, 0.05) is 13.7 Å². The number of nitrogens with one attached hydrogen (secondary N) is 1. The zero-order valence-corrected chi connectivity index (χ0v) is 11.0. The summed E-state index contributed by atoms with van der Waals surface area (Å²) in [7, 11) is 3.06. The van der Waals surface area contributed by atoms with E-state index < -0.39 is 12.0 Å². The van der Waals surface area contributed by atoms with E-state index in [1.807, 2.05) is 0 Å². The lowest BCUT2D eigenvalue weighted by atomic mass is 10.1. The van der Waals surface area contributed by atoms with E-state index in [0.717, 1.165) is 0 Å². The normalized spacial score (nSPS) is 12.2. The lowest BCUT2D eigenvalue weighted by molar-refractivity contribution is -0.139. The lowest BCUT2D eigenvalue weighted by Crippen LogP contribution is -2.31. The molecule has 0 saturated heterocycles. The Morgan fingerprint density at radius 3 is 2.72 bits per heavy atom. The summed E-state index contributed by atoms with van der Waals surface area (Å²) >= 11 is 5.97. The molecule has 0 fully saturated rings. The quantitative estimate of drug-likeness (QED) is 0.740. The van der Waals surface area contributed by atoms with Gasteiger partial charge in [0.25, 0.3) is 0 Å². The molecule has 1 aromatic carbocycles. The van der Waals surface area contributed by atoms with Gasteiger partial charge in [-0.1, -0.05) is 17.7 Å². The third kappa shape index (κ3) is 3.87. The van der Waals surface area contributed by atoms with Crippen molar-refractivity contribution in [1.29, 1.82) is 0 Å². The van der Waals surface area contributed by atoms with Gasteiger partial charge in [0.05, 0.1) is 18.7 Å². The minimum absolute atomic E-state index is 0.384. The van der Waals surface area contributed by atoms with Gasteiger partial charge < -0.3 is 14.6 Å². The number of ether oxygens (including phenoxy) is 2. The molecule has 0 spiro atoms. The SMILES string of the molecule is COCCNC(C(=O)O)c1ccc(OC)c(Cl)c1. The van der Waals surface area contributed by atoms with Gasteiger partial charge in [-0.15, -0.1) is 0 Å². The summed E-state index contributed by atoms with van der Waals surface area (Å²) in [5, 5.41) is 12.4. The molecule has 100 valence electrons. The zero-order chi connectivity index (χ0) is 13.5. The highest BCUT2D eigenvalue weighted by atomic mass is 35.5. The molecule has 5 nitrogen and oxygen atoms in total. The van der Waals surface area contributed by atoms with Gasteiger partial charge in [0.1, 0.15) is 11.8 Å². The van der Waals surface area contributed by atoms with Gasteiger partial charge in [0.15, 0.2) is 0 Å². The summed E-state index contributed by atoms with van der Waals surface area (Å²) < 4.78 is 9.89. The molecule has 1 rings (SSSR count). The van der Waals surface area contributed by atoms with Gasteiger partial charge >= 0.3 is 5.97 Å². The fourth-order valence-electron chi connectivity index (χ4n) is 1.52. The smallest absolute Gasteiger partial charge is 0.325 e. The fraction of sp³-hybridized carbons (Fsp3) is 0.417. The van der Waals surface area contributed by atoms with E-state index in [1.165, 1.54) is 7.11 Å². The van der Waals surface area contributed by atoms with E-state index in [2.05, 4.69) is 5.32 Å². The molecule has 0 aliphatic rings. The van der Waals surface area contributed by atoms with Crippen molar-refractivity contribution in [2.45, 2.75) is 6.04 Å². The lowest BCUT2D eigenvalue weighted by Gasteiger charge is -2.15. The standard InChI is InChI=1S/C12H16ClNO4/c1-17-6-5-14-11(12(15)16)8-3-4-10(18-2)9(13)7-8/h3-4,7,11,14H,5-6H2,1-2H3,(H,15,16). The van der Waals surface area contributed by atoms with E-state index in [9.17, 15) is 4.79 Å². The van der Waals surface area contributed by atoms with Crippen LogP contribution in [0.2, 0.25) is 5.02 Å². The maximum atomic E-state index is 11.2. The molecule has 1 atom stereocenters. The van der Waals surface area contributed by atoms with Crippen LogP contribution >= 0.6 is 11.6 Å². The highest BCUT2D eigenvalue weighted by Crippen LogP contribution is 2.27. The summed E-state index contributed by atoms with van der Waals surface area (Å²) in [5.74, 6) is -0.450. The van der Waals surface area contributed by atoms with Crippen molar-refractivity contribution in [2.75, 3.05) is 27.4 Å². The molecule has 6 heteroatoms. The molecule has 0 amide bonds. The second-order valence-electron chi connectivity index (χ2n) is 3.61. The molecular formula is C12H16ClNO4. The summed E-state index contributed by atoms with van der Waals surface area (Å²) in [5.41, 5.74) is 0.574. The number of benzene rings is 1. The Kier molecular flexibility index (Phi) is 5.91. The first-order chi connectivity index (χ1) is 8.60. The Morgan fingerprint density at radius 1 is 1.50 bits per heavy atom. The van der Waals surface area contributed by atoms with Crippen LogP contribution in [0.5, 0.6) is 5.75 Å². The van der Waals surface area contributed by atoms with Crippen LogP contribution < -0.4 is 10.1 Å². The number of carboxylic acid groups (broad SMARTS) is 1. The number of aliphatic carboxylic acids is 1. The third-order valence-electron chi connectivity index (χ3n) is 2.41. The first-order valence-electron chi connectivity index (χ1n) is 5.38. The number of rotatable bonds is 7. The highest BCUT2D eigenvalue weighted by molar-refractivity contribution is 6.32. The van der Waals surface area contributed by atoms with Gasteiger partial charge in [-0.25, -0.2) is 0 Å². The first kappa shape index (κ1) is 14.8. The van der Waals surface area contributed by atoms with Crippen molar-refractivity contribution in [2.24, 2.45) is 0 Å². The monoisotopic (exact) mass is 273 g/mol. The van der Waals surface area contributed by atoms with Crippen LogP contribution in [0.15, 0.2) is 18.2 Å². The van der Waals surface area contributed by atoms with Crippen molar-refractivity contribution in [3.63, 3.8) is 0 Å². The number of halogens is 1. The zero-order valence-electron chi connectivity index (χ0n) is 10.3. The van der Waals surface area contributed by atoms with Crippen molar-refractivity contribution < 1.29 is 19.4 Å². The number of carboxylic acids is 1. The third-order valence-corrected chi connectivity index (χ3v) is 2.71. The first-order valence-corrected chi connectivity index (χ1v) is 5.76. The maximum Gasteiger partial charge on any atom is 0.325 e. The van der Waals surface area contributed by atoms with Crippen LogP contribution in [-0.4, -0.2) is 38.4 Å². The van der Waals surface area contributed by atoms with E-state index in [0.29, 0.717) is 29.5 Å². The number of methoxy groups -OCH3 is 2. The highest BCUT2D eigenvalue weighted by Gasteiger charge is 2.19. The number of hydrogen-bond acceptors (Lipinski definition) is 4. The molecule has 0 aromatic heterocycles. The molecule has 0 saturated carbocycles. The molecule has 1 unspecified atom stereocenters. The molecule has 1 aromatic rings. The van der Waals surface area contributed by atoms with Crippen molar-refractivity contribution in [1.82, 2.24) is 5.32 Å². The van der Waals surface area contributed by atoms with Gasteiger partial charge in [0.2, 0.25) is 0 Å². The molecule has 0 heterocycles. The minimum Gasteiger partial charge on any atom is -0.495 e. The molecule has 0 aliphatic heterocycles. The average molecular weight is 274 g/mol. The predicted molar refractivity (Wildman–Crippen MR) is 68.3 cm³/mol. The van der Waals surface area contributed by atoms with E-state index >= 15 is 0 Å². The van der Waals surface area contributed by atoms with E-state index in [4.69, 9.17) is 26.2 Å². The average Bonchev–Trinajstić information content (AvgIpc) is 2.34. The Bertz CT molecular complexity index is 411. The fourth-order valence-corrected chi connectivity index (χ4v) is 1.78. The summed E-state index contributed by atoms with van der Waals surface area (Å²) in [6.07, 6.45) is 0. The topological polar surface area (TPSA) is 67.8 Å². The second kappa shape index (κ2) is 7.20. The second-order valence-corrected chi connectivity index (χ2v) is 4.02. The van der Waals surface area contributed by atoms with Crippen LogP contribution in [0, 0.1) is 0 Å². The Morgan fingerprint density at radius 2 is 2.22 bits per heavy atom. The van der Waals surface area contributed by atoms with Gasteiger partial charge in [-0.3, -0.25) is 10.1 Å². The minimum atomic E-state index is -0.965. The Balaban J connectivity index is 2.85.